The van der Waals surface area contributed by atoms with Crippen molar-refractivity contribution in [2.45, 2.75) is 12.8 Å². The van der Waals surface area contributed by atoms with Gasteiger partial charge < -0.3 is 14.5 Å². The van der Waals surface area contributed by atoms with Gasteiger partial charge in [-0.05, 0) is 12.1 Å². The molecule has 2 heterocycles. The first-order valence-electron chi connectivity index (χ1n) is 8.74. The summed E-state index contributed by atoms with van der Waals surface area (Å²) in [5.74, 6) is 1.21. The number of anilines is 1. The molecule has 142 valence electrons. The minimum atomic E-state index is -0.0128. The lowest BCUT2D eigenvalue weighted by Gasteiger charge is -2.35. The summed E-state index contributed by atoms with van der Waals surface area (Å²) in [6, 6.07) is 7.20. The topological polar surface area (TPSA) is 75.6 Å². The number of carbonyl (C=O) groups excluding carboxylic acids is 2. The van der Waals surface area contributed by atoms with Crippen LogP contribution in [0.5, 0.6) is 5.88 Å². The number of Topliss-reactive ketones (excluding diaryl/α,β-unsaturated/α-hetero) is 1. The molecule has 1 aromatic carbocycles. The van der Waals surface area contributed by atoms with E-state index >= 15 is 0 Å². The van der Waals surface area contributed by atoms with Crippen LogP contribution in [0.2, 0.25) is 0 Å². The van der Waals surface area contributed by atoms with Crippen molar-refractivity contribution in [3.63, 3.8) is 0 Å². The van der Waals surface area contributed by atoms with E-state index in [0.717, 1.165) is 10.3 Å². The number of aromatic nitrogens is 2. The van der Waals surface area contributed by atoms with E-state index in [0.29, 0.717) is 37.6 Å². The van der Waals surface area contributed by atoms with Crippen LogP contribution in [0.3, 0.4) is 0 Å². The molecule has 8 heteroatoms. The lowest BCUT2D eigenvalue weighted by atomic mass is 10.1. The second-order valence-electron chi connectivity index (χ2n) is 6.22. The third-order valence-electron chi connectivity index (χ3n) is 4.50. The van der Waals surface area contributed by atoms with Crippen molar-refractivity contribution in [1.82, 2.24) is 14.9 Å². The Morgan fingerprint density at radius 2 is 1.78 bits per heavy atom. The van der Waals surface area contributed by atoms with Crippen LogP contribution in [0.4, 0.5) is 5.82 Å². The number of hydrogen-bond acceptors (Lipinski definition) is 6. The van der Waals surface area contributed by atoms with Gasteiger partial charge in [-0.2, -0.15) is 4.98 Å². The van der Waals surface area contributed by atoms with Gasteiger partial charge in [-0.3, -0.25) is 14.6 Å². The van der Waals surface area contributed by atoms with E-state index in [1.54, 1.807) is 36.5 Å². The van der Waals surface area contributed by atoms with Crippen LogP contribution in [0.1, 0.15) is 23.2 Å². The summed E-state index contributed by atoms with van der Waals surface area (Å²) in [7, 11) is 1.56. The first kappa shape index (κ1) is 19.3. The molecular weight excluding hydrogens is 412 g/mol. The van der Waals surface area contributed by atoms with Crippen molar-refractivity contribution >= 4 is 33.4 Å². The Labute approximate surface area is 166 Å². The number of halogens is 1. The molecule has 1 fully saturated rings. The van der Waals surface area contributed by atoms with Crippen LogP contribution in [0.15, 0.2) is 41.1 Å². The van der Waals surface area contributed by atoms with E-state index in [-0.39, 0.29) is 24.5 Å². The number of benzene rings is 1. The molecule has 0 bridgehead atoms. The molecule has 1 saturated heterocycles. The molecule has 3 rings (SSSR count). The van der Waals surface area contributed by atoms with Gasteiger partial charge in [-0.15, -0.1) is 0 Å². The summed E-state index contributed by atoms with van der Waals surface area (Å²) in [6.45, 7) is 2.55. The van der Waals surface area contributed by atoms with Crippen LogP contribution in [0, 0.1) is 0 Å². The summed E-state index contributed by atoms with van der Waals surface area (Å²) in [5.41, 5.74) is 0.632. The normalized spacial score (nSPS) is 14.1. The molecule has 1 aromatic heterocycles. The molecule has 0 N–H and O–H groups in total. The molecule has 0 spiro atoms. The van der Waals surface area contributed by atoms with Gasteiger partial charge in [0.05, 0.1) is 19.5 Å². The van der Waals surface area contributed by atoms with Crippen molar-refractivity contribution < 1.29 is 14.3 Å². The lowest BCUT2D eigenvalue weighted by molar-refractivity contribution is -0.131. The van der Waals surface area contributed by atoms with Crippen LogP contribution in [-0.4, -0.2) is 59.8 Å². The molecule has 2 aromatic rings. The molecule has 0 radical (unpaired) electrons. The number of hydrogen-bond donors (Lipinski definition) is 0. The third-order valence-corrected chi connectivity index (χ3v) is 5.03. The van der Waals surface area contributed by atoms with Crippen LogP contribution < -0.4 is 9.64 Å². The second kappa shape index (κ2) is 8.94. The summed E-state index contributed by atoms with van der Waals surface area (Å²) in [6.07, 6.45) is 3.71. The maximum Gasteiger partial charge on any atom is 0.233 e. The van der Waals surface area contributed by atoms with Crippen molar-refractivity contribution in [2.24, 2.45) is 0 Å². The number of ketones is 1. The van der Waals surface area contributed by atoms with Crippen LogP contribution >= 0.6 is 15.9 Å². The minimum Gasteiger partial charge on any atom is -0.480 e. The number of carbonyl (C=O) groups is 2. The van der Waals surface area contributed by atoms with E-state index in [2.05, 4.69) is 30.8 Å². The van der Waals surface area contributed by atoms with Gasteiger partial charge in [-0.25, -0.2) is 0 Å². The number of nitrogens with zero attached hydrogens (tertiary/aromatic N) is 4. The molecule has 0 atom stereocenters. The maximum absolute atomic E-state index is 12.4. The monoisotopic (exact) mass is 432 g/mol. The highest BCUT2D eigenvalue weighted by atomic mass is 79.9. The van der Waals surface area contributed by atoms with Crippen molar-refractivity contribution in [2.75, 3.05) is 38.2 Å². The number of amides is 1. The number of ether oxygens (including phenoxy) is 1. The van der Waals surface area contributed by atoms with Gasteiger partial charge in [0.2, 0.25) is 11.8 Å². The van der Waals surface area contributed by atoms with Crippen LogP contribution in [0.25, 0.3) is 0 Å². The first-order valence-corrected chi connectivity index (χ1v) is 9.53. The maximum atomic E-state index is 12.4. The van der Waals surface area contributed by atoms with Crippen molar-refractivity contribution in [1.29, 1.82) is 0 Å². The zero-order valence-electron chi connectivity index (χ0n) is 15.1. The fourth-order valence-corrected chi connectivity index (χ4v) is 3.20. The minimum absolute atomic E-state index is 0.0110. The molecule has 0 saturated carbocycles. The SMILES string of the molecule is COc1cncc(N2CCN(C(=O)CCC(=O)c3ccc(Br)cc3)CC2)n1. The van der Waals surface area contributed by atoms with E-state index < -0.39 is 0 Å². The summed E-state index contributed by atoms with van der Waals surface area (Å²) in [4.78, 5) is 37.0. The Kier molecular flexibility index (Phi) is 6.39. The van der Waals surface area contributed by atoms with Gasteiger partial charge in [0.1, 0.15) is 0 Å². The Bertz CT molecular complexity index is 805. The first-order chi connectivity index (χ1) is 13.1. The highest BCUT2D eigenvalue weighted by molar-refractivity contribution is 9.10. The number of methoxy groups -OCH3 is 1. The van der Waals surface area contributed by atoms with E-state index in [1.165, 1.54) is 0 Å². The Morgan fingerprint density at radius 3 is 2.44 bits per heavy atom. The number of rotatable bonds is 6. The van der Waals surface area contributed by atoms with Crippen molar-refractivity contribution in [3.05, 3.63) is 46.7 Å². The summed E-state index contributed by atoms with van der Waals surface area (Å²) in [5, 5.41) is 0. The summed E-state index contributed by atoms with van der Waals surface area (Å²) < 4.78 is 6.03. The Hall–Kier alpha value is -2.48. The predicted octanol–water partition coefficient (Wildman–Crippen LogP) is 2.56. The largest absolute Gasteiger partial charge is 0.480 e. The lowest BCUT2D eigenvalue weighted by Crippen LogP contribution is -2.49. The Balaban J connectivity index is 1.48. The number of piperazine rings is 1. The van der Waals surface area contributed by atoms with Gasteiger partial charge >= 0.3 is 0 Å². The molecular formula is C19H21BrN4O3. The molecule has 7 nitrogen and oxygen atoms in total. The zero-order chi connectivity index (χ0) is 19.2. The highest BCUT2D eigenvalue weighted by Crippen LogP contribution is 2.17. The Morgan fingerprint density at radius 1 is 1.07 bits per heavy atom. The predicted molar refractivity (Wildman–Crippen MR) is 105 cm³/mol. The molecule has 0 unspecified atom stereocenters. The average Bonchev–Trinajstić information content (AvgIpc) is 2.72. The van der Waals surface area contributed by atoms with Gasteiger partial charge in [-0.1, -0.05) is 28.1 Å². The zero-order valence-corrected chi connectivity index (χ0v) is 16.7. The molecule has 1 amide bonds. The second-order valence-corrected chi connectivity index (χ2v) is 7.13. The fourth-order valence-electron chi connectivity index (χ4n) is 2.93. The highest BCUT2D eigenvalue weighted by Gasteiger charge is 2.22. The van der Waals surface area contributed by atoms with E-state index in [4.69, 9.17) is 4.74 Å². The molecule has 0 aliphatic carbocycles. The molecule has 1 aliphatic rings. The fraction of sp³-hybridized carbons (Fsp3) is 0.368. The summed E-state index contributed by atoms with van der Waals surface area (Å²) >= 11 is 3.35. The van der Waals surface area contributed by atoms with Gasteiger partial charge in [0.25, 0.3) is 0 Å². The van der Waals surface area contributed by atoms with Gasteiger partial charge in [0, 0.05) is 49.1 Å². The van der Waals surface area contributed by atoms with Crippen LogP contribution in [-0.2, 0) is 4.79 Å². The van der Waals surface area contributed by atoms with Gasteiger partial charge in [0.15, 0.2) is 11.6 Å². The van der Waals surface area contributed by atoms with E-state index in [9.17, 15) is 9.59 Å². The average molecular weight is 433 g/mol. The van der Waals surface area contributed by atoms with Crippen molar-refractivity contribution in [3.8, 4) is 5.88 Å². The quantitative estimate of drug-likeness (QED) is 0.652. The smallest absolute Gasteiger partial charge is 0.233 e. The molecule has 27 heavy (non-hydrogen) atoms. The van der Waals surface area contributed by atoms with E-state index in [1.807, 2.05) is 12.1 Å². The standard InChI is InChI=1S/C19H21BrN4O3/c1-27-18-13-21-12-17(22-18)23-8-10-24(11-9-23)19(26)7-6-16(25)14-2-4-15(20)5-3-14/h2-5,12-13H,6-11H2,1H3. The third kappa shape index (κ3) is 5.03. The molecule has 1 aliphatic heterocycles.